The van der Waals surface area contributed by atoms with E-state index in [4.69, 9.17) is 4.74 Å². The van der Waals surface area contributed by atoms with E-state index in [9.17, 15) is 4.79 Å². The average Bonchev–Trinajstić information content (AvgIpc) is 3.02. The number of hydrogen-bond donors (Lipinski definition) is 1. The second kappa shape index (κ2) is 5.80. The Balaban J connectivity index is 1.43. The van der Waals surface area contributed by atoms with Crippen LogP contribution in [-0.4, -0.2) is 49.7 Å². The molecule has 3 fully saturated rings. The van der Waals surface area contributed by atoms with Crippen molar-refractivity contribution in [2.75, 3.05) is 32.8 Å². The van der Waals surface area contributed by atoms with Crippen molar-refractivity contribution in [3.8, 4) is 0 Å². The van der Waals surface area contributed by atoms with Crippen molar-refractivity contribution < 1.29 is 9.53 Å². The second-order valence-electron chi connectivity index (χ2n) is 6.58. The first-order valence-electron chi connectivity index (χ1n) is 7.82. The Morgan fingerprint density at radius 3 is 2.74 bits per heavy atom. The fourth-order valence-electron chi connectivity index (χ4n) is 4.28. The lowest BCUT2D eigenvalue weighted by atomic mass is 9.84. The van der Waals surface area contributed by atoms with Crippen LogP contribution < -0.4 is 5.32 Å². The van der Waals surface area contributed by atoms with Gasteiger partial charge in [0, 0.05) is 19.1 Å². The summed E-state index contributed by atoms with van der Waals surface area (Å²) in [6.45, 7) is 6.02. The smallest absolute Gasteiger partial charge is 0.234 e. The molecule has 0 aromatic heterocycles. The zero-order valence-electron chi connectivity index (χ0n) is 11.9. The molecule has 3 rings (SSSR count). The monoisotopic (exact) mass is 266 g/mol. The van der Waals surface area contributed by atoms with Crippen molar-refractivity contribution in [3.05, 3.63) is 0 Å². The topological polar surface area (TPSA) is 41.6 Å². The number of morpholine rings is 1. The van der Waals surface area contributed by atoms with E-state index < -0.39 is 0 Å². The van der Waals surface area contributed by atoms with Gasteiger partial charge in [0.1, 0.15) is 0 Å². The average molecular weight is 266 g/mol. The van der Waals surface area contributed by atoms with E-state index in [0.717, 1.165) is 44.1 Å². The van der Waals surface area contributed by atoms with Crippen molar-refractivity contribution in [1.29, 1.82) is 0 Å². The van der Waals surface area contributed by atoms with Crippen molar-refractivity contribution in [3.63, 3.8) is 0 Å². The lowest BCUT2D eigenvalue weighted by molar-refractivity contribution is -0.124. The molecule has 0 aromatic rings. The summed E-state index contributed by atoms with van der Waals surface area (Å²) in [6, 6.07) is 0.351. The molecule has 1 amide bonds. The number of carbonyl (C=O) groups excluding carboxylic acids is 1. The van der Waals surface area contributed by atoms with Gasteiger partial charge in [-0.15, -0.1) is 0 Å². The zero-order valence-corrected chi connectivity index (χ0v) is 11.9. The Hall–Kier alpha value is -0.610. The zero-order chi connectivity index (χ0) is 13.2. The third-order valence-electron chi connectivity index (χ3n) is 5.29. The number of rotatable bonds is 4. The first-order valence-corrected chi connectivity index (χ1v) is 7.82. The molecular weight excluding hydrogens is 240 g/mol. The number of fused-ring (bicyclic) bond motifs is 2. The number of ether oxygens (including phenoxy) is 1. The van der Waals surface area contributed by atoms with E-state index in [-0.39, 0.29) is 5.91 Å². The SMILES string of the molecule is CC(NC(=O)CN1CCOCC1)C1CC2CCC1C2. The fraction of sp³-hybridized carbons (Fsp3) is 0.933. The third kappa shape index (κ3) is 3.11. The van der Waals surface area contributed by atoms with Crippen LogP contribution in [0.2, 0.25) is 0 Å². The molecule has 4 heteroatoms. The molecule has 4 nitrogen and oxygen atoms in total. The summed E-state index contributed by atoms with van der Waals surface area (Å²) < 4.78 is 5.30. The predicted octanol–water partition coefficient (Wildman–Crippen LogP) is 1.26. The quantitative estimate of drug-likeness (QED) is 0.833. The summed E-state index contributed by atoms with van der Waals surface area (Å²) in [5.41, 5.74) is 0. The highest BCUT2D eigenvalue weighted by molar-refractivity contribution is 5.78. The maximum atomic E-state index is 12.1. The minimum atomic E-state index is 0.192. The van der Waals surface area contributed by atoms with E-state index in [1.165, 1.54) is 25.7 Å². The van der Waals surface area contributed by atoms with Gasteiger partial charge in [-0.3, -0.25) is 9.69 Å². The van der Waals surface area contributed by atoms with E-state index in [0.29, 0.717) is 12.6 Å². The van der Waals surface area contributed by atoms with E-state index in [1.54, 1.807) is 0 Å². The van der Waals surface area contributed by atoms with Gasteiger partial charge >= 0.3 is 0 Å². The van der Waals surface area contributed by atoms with E-state index in [1.807, 2.05) is 0 Å². The van der Waals surface area contributed by atoms with Gasteiger partial charge in [-0.2, -0.15) is 0 Å². The molecule has 1 aliphatic heterocycles. The second-order valence-corrected chi connectivity index (χ2v) is 6.58. The first-order chi connectivity index (χ1) is 9.22. The third-order valence-corrected chi connectivity index (χ3v) is 5.29. The summed E-state index contributed by atoms with van der Waals surface area (Å²) in [4.78, 5) is 14.3. The van der Waals surface area contributed by atoms with Gasteiger partial charge in [0.25, 0.3) is 0 Å². The summed E-state index contributed by atoms with van der Waals surface area (Å²) >= 11 is 0. The van der Waals surface area contributed by atoms with Crippen molar-refractivity contribution in [2.45, 2.75) is 38.6 Å². The molecule has 1 N–H and O–H groups in total. The predicted molar refractivity (Wildman–Crippen MR) is 73.8 cm³/mol. The number of carbonyl (C=O) groups is 1. The Labute approximate surface area is 115 Å². The molecule has 4 unspecified atom stereocenters. The van der Waals surface area contributed by atoms with Gasteiger partial charge in [0.2, 0.25) is 5.91 Å². The lowest BCUT2D eigenvalue weighted by Gasteiger charge is -2.30. The van der Waals surface area contributed by atoms with E-state index in [2.05, 4.69) is 17.1 Å². The lowest BCUT2D eigenvalue weighted by Crippen LogP contribution is -2.47. The van der Waals surface area contributed by atoms with Crippen molar-refractivity contribution in [2.24, 2.45) is 17.8 Å². The van der Waals surface area contributed by atoms with Crippen LogP contribution in [0.1, 0.15) is 32.6 Å². The minimum absolute atomic E-state index is 0.192. The maximum Gasteiger partial charge on any atom is 0.234 e. The normalized spacial score (nSPS) is 36.4. The molecule has 1 heterocycles. The summed E-state index contributed by atoms with van der Waals surface area (Å²) in [5, 5.41) is 3.23. The molecule has 2 saturated carbocycles. The number of hydrogen-bond acceptors (Lipinski definition) is 3. The highest BCUT2D eigenvalue weighted by Gasteiger charge is 2.42. The van der Waals surface area contributed by atoms with Crippen molar-refractivity contribution in [1.82, 2.24) is 10.2 Å². The number of nitrogens with one attached hydrogen (secondary N) is 1. The van der Waals surface area contributed by atoms with Crippen LogP contribution in [0.15, 0.2) is 0 Å². The maximum absolute atomic E-state index is 12.1. The van der Waals surface area contributed by atoms with Gasteiger partial charge in [-0.1, -0.05) is 6.42 Å². The Bertz CT molecular complexity index is 328. The molecule has 0 spiro atoms. The van der Waals surface area contributed by atoms with Crippen molar-refractivity contribution >= 4 is 5.91 Å². The van der Waals surface area contributed by atoms with Crippen LogP contribution in [0.3, 0.4) is 0 Å². The molecule has 3 aliphatic rings. The fourth-order valence-corrected chi connectivity index (χ4v) is 4.28. The molecule has 108 valence electrons. The van der Waals surface area contributed by atoms with Gasteiger partial charge in [0.15, 0.2) is 0 Å². The van der Waals surface area contributed by atoms with Crippen LogP contribution in [0.5, 0.6) is 0 Å². The Kier molecular flexibility index (Phi) is 4.08. The molecule has 0 radical (unpaired) electrons. The largest absolute Gasteiger partial charge is 0.379 e. The summed E-state index contributed by atoms with van der Waals surface area (Å²) in [5.74, 6) is 2.75. The Morgan fingerprint density at radius 2 is 2.11 bits per heavy atom. The van der Waals surface area contributed by atoms with Crippen LogP contribution in [0.25, 0.3) is 0 Å². The molecule has 2 bridgehead atoms. The minimum Gasteiger partial charge on any atom is -0.379 e. The molecule has 19 heavy (non-hydrogen) atoms. The van der Waals surface area contributed by atoms with Gasteiger partial charge in [-0.05, 0) is 43.9 Å². The Morgan fingerprint density at radius 1 is 1.32 bits per heavy atom. The van der Waals surface area contributed by atoms with Crippen LogP contribution in [0, 0.1) is 17.8 Å². The van der Waals surface area contributed by atoms with Crippen LogP contribution in [-0.2, 0) is 9.53 Å². The highest BCUT2D eigenvalue weighted by Crippen LogP contribution is 2.49. The standard InChI is InChI=1S/C15H26N2O2/c1-11(14-9-12-2-3-13(14)8-12)16-15(18)10-17-4-6-19-7-5-17/h11-14H,2-10H2,1H3,(H,16,18). The molecule has 1 saturated heterocycles. The van der Waals surface area contributed by atoms with Crippen LogP contribution in [0.4, 0.5) is 0 Å². The van der Waals surface area contributed by atoms with Crippen LogP contribution >= 0.6 is 0 Å². The van der Waals surface area contributed by atoms with Gasteiger partial charge in [-0.25, -0.2) is 0 Å². The molecule has 4 atom stereocenters. The van der Waals surface area contributed by atoms with Gasteiger partial charge in [0.05, 0.1) is 19.8 Å². The summed E-state index contributed by atoms with van der Waals surface area (Å²) in [6.07, 6.45) is 5.56. The molecule has 0 aromatic carbocycles. The highest BCUT2D eigenvalue weighted by atomic mass is 16.5. The first kappa shape index (κ1) is 13.4. The molecule has 2 aliphatic carbocycles. The molecular formula is C15H26N2O2. The summed E-state index contributed by atoms with van der Waals surface area (Å²) in [7, 11) is 0. The number of amides is 1. The van der Waals surface area contributed by atoms with E-state index >= 15 is 0 Å². The van der Waals surface area contributed by atoms with Gasteiger partial charge < -0.3 is 10.1 Å². The number of nitrogens with zero attached hydrogens (tertiary/aromatic N) is 1.